The van der Waals surface area contributed by atoms with Crippen LogP contribution >= 0.6 is 0 Å². The molecular weight excluding hydrogens is 246 g/mol. The summed E-state index contributed by atoms with van der Waals surface area (Å²) in [4.78, 5) is 17.1. The predicted octanol–water partition coefficient (Wildman–Crippen LogP) is 2.38. The number of alkyl halides is 2. The Balaban J connectivity index is 2.20. The summed E-state index contributed by atoms with van der Waals surface area (Å²) in [5.74, 6) is -0.749. The molecule has 5 nitrogen and oxygen atoms in total. The van der Waals surface area contributed by atoms with E-state index in [1.807, 2.05) is 0 Å². The Kier molecular flexibility index (Phi) is 3.22. The number of H-pyrrole nitrogens is 1. The number of carboxylic acid groups (broad SMARTS) is 1. The summed E-state index contributed by atoms with van der Waals surface area (Å²) in [6.45, 7) is -2.88. The van der Waals surface area contributed by atoms with Crippen LogP contribution in [0.15, 0.2) is 30.5 Å². The molecule has 0 fully saturated rings. The molecule has 0 saturated heterocycles. The van der Waals surface area contributed by atoms with Crippen molar-refractivity contribution in [2.45, 2.75) is 6.61 Å². The van der Waals surface area contributed by atoms with Crippen molar-refractivity contribution >= 4 is 5.97 Å². The van der Waals surface area contributed by atoms with Gasteiger partial charge in [0.1, 0.15) is 17.3 Å². The SMILES string of the molecule is O=C(O)c1cnc(-c2ccc(OC(F)F)cc2)[nH]1. The van der Waals surface area contributed by atoms with Crippen molar-refractivity contribution in [3.8, 4) is 17.1 Å². The number of nitrogens with zero attached hydrogens (tertiary/aromatic N) is 1. The van der Waals surface area contributed by atoms with Crippen LogP contribution in [0.3, 0.4) is 0 Å². The first-order valence-corrected chi connectivity index (χ1v) is 4.90. The number of aromatic carboxylic acids is 1. The first kappa shape index (κ1) is 12.0. The number of carboxylic acids is 1. The summed E-state index contributed by atoms with van der Waals surface area (Å²) < 4.78 is 28.1. The highest BCUT2D eigenvalue weighted by atomic mass is 19.3. The van der Waals surface area contributed by atoms with Crippen LogP contribution in [0.1, 0.15) is 10.5 Å². The number of hydrogen-bond donors (Lipinski definition) is 2. The average molecular weight is 254 g/mol. The second-order valence-corrected chi connectivity index (χ2v) is 3.35. The maximum Gasteiger partial charge on any atom is 0.387 e. The number of halogens is 2. The summed E-state index contributed by atoms with van der Waals surface area (Å²) in [6, 6.07) is 5.71. The molecule has 0 amide bonds. The molecule has 1 heterocycles. The summed E-state index contributed by atoms with van der Waals surface area (Å²) in [5, 5.41) is 8.71. The van der Waals surface area contributed by atoms with Crippen LogP contribution in [0.2, 0.25) is 0 Å². The molecule has 1 aromatic carbocycles. The molecule has 0 aliphatic heterocycles. The number of rotatable bonds is 4. The number of benzene rings is 1. The van der Waals surface area contributed by atoms with Gasteiger partial charge in [-0.3, -0.25) is 0 Å². The normalized spacial score (nSPS) is 10.6. The molecule has 0 atom stereocenters. The minimum Gasteiger partial charge on any atom is -0.477 e. The third-order valence-electron chi connectivity index (χ3n) is 2.16. The van der Waals surface area contributed by atoms with Gasteiger partial charge in [-0.1, -0.05) is 0 Å². The highest BCUT2D eigenvalue weighted by molar-refractivity contribution is 5.85. The molecule has 0 unspecified atom stereocenters. The van der Waals surface area contributed by atoms with Crippen LogP contribution in [-0.4, -0.2) is 27.7 Å². The zero-order chi connectivity index (χ0) is 13.1. The number of nitrogens with one attached hydrogen (secondary N) is 1. The van der Waals surface area contributed by atoms with Crippen molar-refractivity contribution in [1.82, 2.24) is 9.97 Å². The summed E-state index contributed by atoms with van der Waals surface area (Å²) in [7, 11) is 0. The van der Waals surface area contributed by atoms with Crippen molar-refractivity contribution in [3.05, 3.63) is 36.2 Å². The van der Waals surface area contributed by atoms with E-state index in [1.54, 1.807) is 0 Å². The largest absolute Gasteiger partial charge is 0.477 e. The number of ether oxygens (including phenoxy) is 1. The van der Waals surface area contributed by atoms with Crippen molar-refractivity contribution in [2.75, 3.05) is 0 Å². The molecule has 7 heteroatoms. The molecular formula is C11H8F2N2O3. The second-order valence-electron chi connectivity index (χ2n) is 3.35. The highest BCUT2D eigenvalue weighted by Crippen LogP contribution is 2.21. The van der Waals surface area contributed by atoms with Gasteiger partial charge in [-0.15, -0.1) is 0 Å². The lowest BCUT2D eigenvalue weighted by molar-refractivity contribution is -0.0498. The maximum absolute atomic E-state index is 11.9. The van der Waals surface area contributed by atoms with Gasteiger partial charge in [-0.25, -0.2) is 9.78 Å². The van der Waals surface area contributed by atoms with Crippen LogP contribution in [0.4, 0.5) is 8.78 Å². The molecule has 0 aliphatic rings. The molecule has 2 rings (SSSR count). The lowest BCUT2D eigenvalue weighted by Gasteiger charge is -2.04. The molecule has 0 saturated carbocycles. The summed E-state index contributed by atoms with van der Waals surface area (Å²) in [6.07, 6.45) is 1.18. The standard InChI is InChI=1S/C11H8F2N2O3/c12-11(13)18-7-3-1-6(2-4-7)9-14-5-8(15-9)10(16)17/h1-5,11H,(H,14,15)(H,16,17). The van der Waals surface area contributed by atoms with Gasteiger partial charge in [0, 0.05) is 5.56 Å². The Bertz CT molecular complexity index is 552. The van der Waals surface area contributed by atoms with Crippen molar-refractivity contribution < 1.29 is 23.4 Å². The zero-order valence-corrected chi connectivity index (χ0v) is 8.93. The van der Waals surface area contributed by atoms with Gasteiger partial charge in [0.15, 0.2) is 0 Å². The third-order valence-corrected chi connectivity index (χ3v) is 2.16. The van der Waals surface area contributed by atoms with E-state index < -0.39 is 12.6 Å². The van der Waals surface area contributed by atoms with E-state index in [1.165, 1.54) is 30.5 Å². The molecule has 2 N–H and O–H groups in total. The van der Waals surface area contributed by atoms with Crippen LogP contribution < -0.4 is 4.74 Å². The summed E-state index contributed by atoms with van der Waals surface area (Å²) in [5.41, 5.74) is 0.530. The van der Waals surface area contributed by atoms with E-state index in [-0.39, 0.29) is 11.4 Å². The van der Waals surface area contributed by atoms with Gasteiger partial charge in [0.05, 0.1) is 6.20 Å². The minimum atomic E-state index is -2.88. The van der Waals surface area contributed by atoms with Crippen LogP contribution in [0.5, 0.6) is 5.75 Å². The molecule has 0 spiro atoms. The highest BCUT2D eigenvalue weighted by Gasteiger charge is 2.09. The van der Waals surface area contributed by atoms with Crippen molar-refractivity contribution in [1.29, 1.82) is 0 Å². The molecule has 0 bridgehead atoms. The van der Waals surface area contributed by atoms with E-state index in [9.17, 15) is 13.6 Å². The molecule has 94 valence electrons. The topological polar surface area (TPSA) is 75.2 Å². The van der Waals surface area contributed by atoms with Crippen molar-refractivity contribution in [2.24, 2.45) is 0 Å². The molecule has 2 aromatic rings. The van der Waals surface area contributed by atoms with Gasteiger partial charge < -0.3 is 14.8 Å². The lowest BCUT2D eigenvalue weighted by Crippen LogP contribution is -2.01. The molecule has 0 aliphatic carbocycles. The molecule has 1 aromatic heterocycles. The Morgan fingerprint density at radius 1 is 1.33 bits per heavy atom. The Labute approximate surface area is 100 Å². The van der Waals surface area contributed by atoms with Gasteiger partial charge >= 0.3 is 12.6 Å². The smallest absolute Gasteiger partial charge is 0.387 e. The van der Waals surface area contributed by atoms with E-state index in [0.717, 1.165) is 0 Å². The zero-order valence-electron chi connectivity index (χ0n) is 8.93. The number of aromatic amines is 1. The third kappa shape index (κ3) is 2.62. The summed E-state index contributed by atoms with van der Waals surface area (Å²) >= 11 is 0. The quantitative estimate of drug-likeness (QED) is 0.878. The fourth-order valence-corrected chi connectivity index (χ4v) is 1.37. The Hall–Kier alpha value is -2.44. The number of imidazole rings is 1. The van der Waals surface area contributed by atoms with Gasteiger partial charge in [-0.05, 0) is 24.3 Å². The predicted molar refractivity (Wildman–Crippen MR) is 57.6 cm³/mol. The maximum atomic E-state index is 11.9. The molecule has 0 radical (unpaired) electrons. The Morgan fingerprint density at radius 2 is 2.00 bits per heavy atom. The van der Waals surface area contributed by atoms with Crippen LogP contribution in [0, 0.1) is 0 Å². The fourth-order valence-electron chi connectivity index (χ4n) is 1.37. The average Bonchev–Trinajstić information content (AvgIpc) is 2.78. The minimum absolute atomic E-state index is 0.0266. The van der Waals surface area contributed by atoms with Crippen molar-refractivity contribution in [3.63, 3.8) is 0 Å². The first-order valence-electron chi connectivity index (χ1n) is 4.90. The van der Waals surface area contributed by atoms with Crippen LogP contribution in [0.25, 0.3) is 11.4 Å². The monoisotopic (exact) mass is 254 g/mol. The fraction of sp³-hybridized carbons (Fsp3) is 0.0909. The Morgan fingerprint density at radius 3 is 2.50 bits per heavy atom. The van der Waals surface area contributed by atoms with E-state index >= 15 is 0 Å². The lowest BCUT2D eigenvalue weighted by atomic mass is 10.2. The first-order chi connectivity index (χ1) is 8.56. The van der Waals surface area contributed by atoms with E-state index in [0.29, 0.717) is 11.4 Å². The van der Waals surface area contributed by atoms with Gasteiger partial charge in [0.25, 0.3) is 0 Å². The van der Waals surface area contributed by atoms with E-state index in [2.05, 4.69) is 14.7 Å². The molecule has 18 heavy (non-hydrogen) atoms. The van der Waals surface area contributed by atoms with E-state index in [4.69, 9.17) is 5.11 Å². The second kappa shape index (κ2) is 4.82. The number of carbonyl (C=O) groups is 1. The van der Waals surface area contributed by atoms with Gasteiger partial charge in [0.2, 0.25) is 0 Å². The number of hydrogen-bond acceptors (Lipinski definition) is 3. The van der Waals surface area contributed by atoms with Gasteiger partial charge in [-0.2, -0.15) is 8.78 Å². The van der Waals surface area contributed by atoms with Crippen LogP contribution in [-0.2, 0) is 0 Å². The number of aromatic nitrogens is 2.